The van der Waals surface area contributed by atoms with Gasteiger partial charge in [-0.25, -0.2) is 4.79 Å². The van der Waals surface area contributed by atoms with E-state index in [0.717, 1.165) is 5.56 Å². The number of carbonyl (C=O) groups is 1. The summed E-state index contributed by atoms with van der Waals surface area (Å²) in [6.07, 6.45) is 3.42. The van der Waals surface area contributed by atoms with Crippen molar-refractivity contribution in [3.63, 3.8) is 0 Å². The standard InChI is InChI=1S/C18H12N4O4S2/c23-14-11-3-1-2-4-12(11)26-16(25)13(14)15(24)20-17-21-22-18(28-17)27-9-10-5-7-19-8-6-10/h1-8,23H,9H2,(H,20,21,24). The molecule has 0 bridgehead atoms. The number of fused-ring (bicyclic) bond motifs is 1. The van der Waals surface area contributed by atoms with Gasteiger partial charge in [-0.15, -0.1) is 10.2 Å². The molecule has 2 N–H and O–H groups in total. The van der Waals surface area contributed by atoms with Crippen molar-refractivity contribution in [3.8, 4) is 5.75 Å². The number of rotatable bonds is 5. The fourth-order valence-electron chi connectivity index (χ4n) is 2.44. The average Bonchev–Trinajstić information content (AvgIpc) is 3.14. The van der Waals surface area contributed by atoms with Crippen LogP contribution in [0.5, 0.6) is 5.75 Å². The number of aromatic nitrogens is 3. The molecule has 0 atom stereocenters. The van der Waals surface area contributed by atoms with Crippen LogP contribution in [0.4, 0.5) is 5.13 Å². The zero-order valence-electron chi connectivity index (χ0n) is 14.2. The minimum Gasteiger partial charge on any atom is -0.506 e. The Hall–Kier alpha value is -3.24. The van der Waals surface area contributed by atoms with Crippen LogP contribution in [0.2, 0.25) is 0 Å². The third-order valence-corrected chi connectivity index (χ3v) is 5.79. The summed E-state index contributed by atoms with van der Waals surface area (Å²) in [7, 11) is 0. The van der Waals surface area contributed by atoms with Gasteiger partial charge in [-0.05, 0) is 29.8 Å². The minimum absolute atomic E-state index is 0.201. The van der Waals surface area contributed by atoms with Crippen LogP contribution in [0.25, 0.3) is 11.0 Å². The topological polar surface area (TPSA) is 118 Å². The van der Waals surface area contributed by atoms with E-state index >= 15 is 0 Å². The van der Waals surface area contributed by atoms with E-state index in [4.69, 9.17) is 4.42 Å². The lowest BCUT2D eigenvalue weighted by Crippen LogP contribution is -2.21. The molecule has 1 aromatic carbocycles. The van der Waals surface area contributed by atoms with Gasteiger partial charge in [0.05, 0.1) is 5.39 Å². The summed E-state index contributed by atoms with van der Waals surface area (Å²) >= 11 is 2.63. The SMILES string of the molecule is O=C(Nc1nnc(SCc2ccncc2)s1)c1c(O)c2ccccc2oc1=O. The number of nitrogens with zero attached hydrogens (tertiary/aromatic N) is 3. The zero-order valence-corrected chi connectivity index (χ0v) is 15.8. The van der Waals surface area contributed by atoms with Gasteiger partial charge in [-0.1, -0.05) is 35.2 Å². The summed E-state index contributed by atoms with van der Waals surface area (Å²) in [6.45, 7) is 0. The highest BCUT2D eigenvalue weighted by atomic mass is 32.2. The molecule has 140 valence electrons. The molecule has 0 saturated carbocycles. The average molecular weight is 412 g/mol. The van der Waals surface area contributed by atoms with E-state index in [2.05, 4.69) is 20.5 Å². The van der Waals surface area contributed by atoms with Gasteiger partial charge in [0, 0.05) is 18.1 Å². The molecule has 0 aliphatic rings. The molecule has 0 aliphatic carbocycles. The summed E-state index contributed by atoms with van der Waals surface area (Å²) in [4.78, 5) is 28.6. The van der Waals surface area contributed by atoms with E-state index in [9.17, 15) is 14.7 Å². The maximum Gasteiger partial charge on any atom is 0.353 e. The van der Waals surface area contributed by atoms with Crippen molar-refractivity contribution >= 4 is 45.1 Å². The Labute approximate surface area is 166 Å². The first-order chi connectivity index (χ1) is 13.6. The Bertz CT molecular complexity index is 1210. The zero-order chi connectivity index (χ0) is 19.5. The number of thioether (sulfide) groups is 1. The smallest absolute Gasteiger partial charge is 0.353 e. The molecule has 0 spiro atoms. The normalized spacial score (nSPS) is 10.9. The second kappa shape index (κ2) is 7.79. The van der Waals surface area contributed by atoms with Crippen LogP contribution in [0.15, 0.2) is 62.3 Å². The van der Waals surface area contributed by atoms with Crippen LogP contribution in [0.1, 0.15) is 15.9 Å². The Kier molecular flexibility index (Phi) is 5.04. The van der Waals surface area contributed by atoms with Crippen LogP contribution in [0, 0.1) is 0 Å². The van der Waals surface area contributed by atoms with Crippen molar-refractivity contribution in [3.05, 3.63) is 70.3 Å². The van der Waals surface area contributed by atoms with Crippen molar-refractivity contribution in [2.24, 2.45) is 0 Å². The summed E-state index contributed by atoms with van der Waals surface area (Å²) < 4.78 is 5.76. The molecule has 3 heterocycles. The number of para-hydroxylation sites is 1. The molecule has 4 rings (SSSR count). The summed E-state index contributed by atoms with van der Waals surface area (Å²) in [5.74, 6) is -0.555. The van der Waals surface area contributed by atoms with Crippen LogP contribution in [-0.2, 0) is 5.75 Å². The van der Waals surface area contributed by atoms with Crippen LogP contribution >= 0.6 is 23.1 Å². The van der Waals surface area contributed by atoms with Crippen LogP contribution < -0.4 is 10.9 Å². The van der Waals surface area contributed by atoms with E-state index in [1.165, 1.54) is 29.2 Å². The number of aromatic hydroxyl groups is 1. The second-order valence-corrected chi connectivity index (χ2v) is 7.78. The second-order valence-electron chi connectivity index (χ2n) is 5.58. The van der Waals surface area contributed by atoms with Crippen LogP contribution in [-0.4, -0.2) is 26.2 Å². The Morgan fingerprint density at radius 3 is 2.79 bits per heavy atom. The molecular formula is C18H12N4O4S2. The number of benzene rings is 1. The fourth-order valence-corrected chi connectivity index (χ4v) is 4.14. The van der Waals surface area contributed by atoms with Gasteiger partial charge in [0.25, 0.3) is 5.91 Å². The number of amides is 1. The van der Waals surface area contributed by atoms with Crippen molar-refractivity contribution < 1.29 is 14.3 Å². The summed E-state index contributed by atoms with van der Waals surface area (Å²) in [6, 6.07) is 10.2. The maximum atomic E-state index is 12.5. The fraction of sp³-hybridized carbons (Fsp3) is 0.0556. The number of hydrogen-bond donors (Lipinski definition) is 2. The predicted molar refractivity (Wildman–Crippen MR) is 106 cm³/mol. The molecule has 10 heteroatoms. The summed E-state index contributed by atoms with van der Waals surface area (Å²) in [5, 5.41) is 21.2. The van der Waals surface area contributed by atoms with E-state index in [-0.39, 0.29) is 16.1 Å². The Morgan fingerprint density at radius 1 is 1.18 bits per heavy atom. The lowest BCUT2D eigenvalue weighted by Gasteiger charge is -2.05. The largest absolute Gasteiger partial charge is 0.506 e. The monoisotopic (exact) mass is 412 g/mol. The number of anilines is 1. The third kappa shape index (κ3) is 3.73. The van der Waals surface area contributed by atoms with E-state index in [0.29, 0.717) is 10.1 Å². The molecule has 1 amide bonds. The van der Waals surface area contributed by atoms with E-state index < -0.39 is 22.8 Å². The van der Waals surface area contributed by atoms with Gasteiger partial charge in [0.2, 0.25) is 5.13 Å². The first kappa shape index (κ1) is 18.1. The number of hydrogen-bond acceptors (Lipinski definition) is 9. The van der Waals surface area contributed by atoms with Crippen molar-refractivity contribution in [2.75, 3.05) is 5.32 Å². The van der Waals surface area contributed by atoms with Gasteiger partial charge in [0.15, 0.2) is 9.90 Å². The van der Waals surface area contributed by atoms with Crippen molar-refractivity contribution in [1.29, 1.82) is 0 Å². The first-order valence-electron chi connectivity index (χ1n) is 8.03. The highest BCUT2D eigenvalue weighted by Crippen LogP contribution is 2.30. The first-order valence-corrected chi connectivity index (χ1v) is 9.83. The van der Waals surface area contributed by atoms with Gasteiger partial charge >= 0.3 is 5.63 Å². The molecule has 0 saturated heterocycles. The lowest BCUT2D eigenvalue weighted by molar-refractivity contribution is 0.102. The Balaban J connectivity index is 1.51. The highest BCUT2D eigenvalue weighted by molar-refractivity contribution is 8.00. The molecule has 0 aliphatic heterocycles. The highest BCUT2D eigenvalue weighted by Gasteiger charge is 2.22. The van der Waals surface area contributed by atoms with E-state index in [1.54, 1.807) is 30.6 Å². The quantitative estimate of drug-likeness (QED) is 0.291. The summed E-state index contributed by atoms with van der Waals surface area (Å²) in [5.41, 5.74) is -0.114. The Morgan fingerprint density at radius 2 is 1.96 bits per heavy atom. The van der Waals surface area contributed by atoms with Crippen molar-refractivity contribution in [1.82, 2.24) is 15.2 Å². The molecule has 4 aromatic rings. The van der Waals surface area contributed by atoms with Gasteiger partial charge < -0.3 is 9.52 Å². The third-order valence-electron chi connectivity index (χ3n) is 3.75. The number of nitrogens with one attached hydrogen (secondary N) is 1. The molecule has 28 heavy (non-hydrogen) atoms. The molecule has 0 radical (unpaired) electrons. The predicted octanol–water partition coefficient (Wildman–Crippen LogP) is 3.29. The van der Waals surface area contributed by atoms with Gasteiger partial charge in [-0.3, -0.25) is 15.1 Å². The van der Waals surface area contributed by atoms with Gasteiger partial charge in [-0.2, -0.15) is 0 Å². The molecule has 3 aromatic heterocycles. The number of carbonyl (C=O) groups excluding carboxylic acids is 1. The molecule has 0 unspecified atom stereocenters. The minimum atomic E-state index is -0.925. The lowest BCUT2D eigenvalue weighted by atomic mass is 10.1. The van der Waals surface area contributed by atoms with Gasteiger partial charge in [0.1, 0.15) is 11.3 Å². The molecule has 0 fully saturated rings. The molecular weight excluding hydrogens is 400 g/mol. The maximum absolute atomic E-state index is 12.5. The molecule has 8 nitrogen and oxygen atoms in total. The van der Waals surface area contributed by atoms with Crippen molar-refractivity contribution in [2.45, 2.75) is 10.1 Å². The van der Waals surface area contributed by atoms with Crippen LogP contribution in [0.3, 0.4) is 0 Å². The number of pyridine rings is 1. The van der Waals surface area contributed by atoms with E-state index in [1.807, 2.05) is 12.1 Å².